The van der Waals surface area contributed by atoms with E-state index in [1.165, 1.54) is 11.8 Å². The smallest absolute Gasteiger partial charge is 0.243 e. The number of hydrogen-bond acceptors (Lipinski definition) is 5. The summed E-state index contributed by atoms with van der Waals surface area (Å²) in [6.07, 6.45) is 0. The summed E-state index contributed by atoms with van der Waals surface area (Å²) in [7, 11) is 1.92. The molecule has 4 aromatic rings. The maximum Gasteiger partial charge on any atom is 0.243 e. The Morgan fingerprint density at radius 1 is 1.21 bits per heavy atom. The molecule has 28 heavy (non-hydrogen) atoms. The van der Waals surface area contributed by atoms with E-state index in [0.29, 0.717) is 16.6 Å². The van der Waals surface area contributed by atoms with Gasteiger partial charge in [-0.2, -0.15) is 0 Å². The molecule has 0 unspecified atom stereocenters. The van der Waals surface area contributed by atoms with Gasteiger partial charge in [-0.15, -0.1) is 0 Å². The van der Waals surface area contributed by atoms with Crippen molar-refractivity contribution in [1.29, 1.82) is 0 Å². The molecule has 6 nitrogen and oxygen atoms in total. The van der Waals surface area contributed by atoms with Gasteiger partial charge in [0.25, 0.3) is 0 Å². The maximum absolute atomic E-state index is 13.0. The van der Waals surface area contributed by atoms with Gasteiger partial charge in [-0.05, 0) is 30.7 Å². The van der Waals surface area contributed by atoms with E-state index in [1.54, 1.807) is 13.0 Å². The highest BCUT2D eigenvalue weighted by molar-refractivity contribution is 8.00. The zero-order valence-corrected chi connectivity index (χ0v) is 16.8. The largest absolute Gasteiger partial charge is 0.360 e. The van der Waals surface area contributed by atoms with Crippen molar-refractivity contribution in [3.63, 3.8) is 0 Å². The van der Waals surface area contributed by atoms with Gasteiger partial charge in [-0.25, -0.2) is 4.98 Å². The number of hydrogen-bond donors (Lipinski definition) is 1. The Kier molecular flexibility index (Phi) is 5.11. The number of carbonyl (C=O) groups excluding carboxylic acids is 1. The SMILES string of the molecule is Cc1cc(NC(=O)[C@H](Sc2nc3cc(Cl)ccc3n2C)c2ccccc2)no1. The standard InChI is InChI=1S/C20H17ClN4O2S/c1-12-10-17(24-27-12)23-19(26)18(13-6-4-3-5-7-13)28-20-22-15-11-14(21)8-9-16(15)25(20)2/h3-11,18H,1-2H3,(H,23,24,26)/t18-/m1/s1. The number of imidazole rings is 1. The van der Waals surface area contributed by atoms with Crippen molar-refractivity contribution < 1.29 is 9.32 Å². The first-order valence-corrected chi connectivity index (χ1v) is 9.85. The van der Waals surface area contributed by atoms with Crippen molar-refractivity contribution in [2.24, 2.45) is 7.05 Å². The highest BCUT2D eigenvalue weighted by atomic mass is 35.5. The highest BCUT2D eigenvalue weighted by Crippen LogP contribution is 2.37. The highest BCUT2D eigenvalue weighted by Gasteiger charge is 2.25. The Labute approximate surface area is 170 Å². The van der Waals surface area contributed by atoms with Gasteiger partial charge >= 0.3 is 0 Å². The minimum Gasteiger partial charge on any atom is -0.360 e. The summed E-state index contributed by atoms with van der Waals surface area (Å²) in [4.78, 5) is 17.7. The van der Waals surface area contributed by atoms with Gasteiger partial charge in [0.1, 0.15) is 11.0 Å². The van der Waals surface area contributed by atoms with Gasteiger partial charge in [-0.1, -0.05) is 58.9 Å². The molecule has 0 radical (unpaired) electrons. The van der Waals surface area contributed by atoms with E-state index in [4.69, 9.17) is 16.1 Å². The number of rotatable bonds is 5. The fourth-order valence-corrected chi connectivity index (χ4v) is 4.12. The van der Waals surface area contributed by atoms with E-state index in [2.05, 4.69) is 15.5 Å². The number of amides is 1. The van der Waals surface area contributed by atoms with Crippen LogP contribution in [-0.2, 0) is 11.8 Å². The van der Waals surface area contributed by atoms with Crippen LogP contribution >= 0.6 is 23.4 Å². The molecule has 8 heteroatoms. The summed E-state index contributed by atoms with van der Waals surface area (Å²) in [6.45, 7) is 1.77. The van der Waals surface area contributed by atoms with E-state index >= 15 is 0 Å². The van der Waals surface area contributed by atoms with Crippen molar-refractivity contribution in [3.8, 4) is 0 Å². The van der Waals surface area contributed by atoms with E-state index in [9.17, 15) is 4.79 Å². The predicted molar refractivity (Wildman–Crippen MR) is 111 cm³/mol. The summed E-state index contributed by atoms with van der Waals surface area (Å²) < 4.78 is 7.00. The number of aryl methyl sites for hydroxylation is 2. The number of aromatic nitrogens is 3. The van der Waals surface area contributed by atoms with Crippen LogP contribution < -0.4 is 5.32 Å². The van der Waals surface area contributed by atoms with Crippen LogP contribution in [0, 0.1) is 6.92 Å². The van der Waals surface area contributed by atoms with Crippen molar-refractivity contribution >= 4 is 46.1 Å². The first-order chi connectivity index (χ1) is 13.5. The lowest BCUT2D eigenvalue weighted by Gasteiger charge is -2.15. The van der Waals surface area contributed by atoms with Gasteiger partial charge in [0, 0.05) is 18.1 Å². The Morgan fingerprint density at radius 3 is 2.71 bits per heavy atom. The Hall–Kier alpha value is -2.77. The lowest BCUT2D eigenvalue weighted by molar-refractivity contribution is -0.115. The molecule has 0 aliphatic heterocycles. The second kappa shape index (κ2) is 7.69. The number of nitrogens with zero attached hydrogens (tertiary/aromatic N) is 3. The van der Waals surface area contributed by atoms with Crippen LogP contribution in [0.15, 0.2) is 64.3 Å². The average molecular weight is 413 g/mol. The number of anilines is 1. The molecule has 0 fully saturated rings. The van der Waals surface area contributed by atoms with Crippen molar-refractivity contribution in [3.05, 3.63) is 70.9 Å². The van der Waals surface area contributed by atoms with Crippen LogP contribution in [0.25, 0.3) is 11.0 Å². The number of benzene rings is 2. The van der Waals surface area contributed by atoms with Crippen molar-refractivity contribution in [1.82, 2.24) is 14.7 Å². The normalized spacial score (nSPS) is 12.2. The van der Waals surface area contributed by atoms with E-state index in [1.807, 2.05) is 60.1 Å². The fraction of sp³-hybridized carbons (Fsp3) is 0.150. The lowest BCUT2D eigenvalue weighted by Crippen LogP contribution is -2.19. The Bertz CT molecular complexity index is 1140. The number of fused-ring (bicyclic) bond motifs is 1. The summed E-state index contributed by atoms with van der Waals surface area (Å²) in [5.41, 5.74) is 2.61. The quantitative estimate of drug-likeness (QED) is 0.467. The van der Waals surface area contributed by atoms with Crippen LogP contribution in [0.1, 0.15) is 16.6 Å². The zero-order chi connectivity index (χ0) is 19.7. The molecule has 0 aliphatic carbocycles. The van der Waals surface area contributed by atoms with Gasteiger partial charge in [0.2, 0.25) is 5.91 Å². The van der Waals surface area contributed by atoms with Crippen LogP contribution in [0.5, 0.6) is 0 Å². The van der Waals surface area contributed by atoms with Gasteiger partial charge < -0.3 is 14.4 Å². The summed E-state index contributed by atoms with van der Waals surface area (Å²) in [5.74, 6) is 0.821. The fourth-order valence-electron chi connectivity index (χ4n) is 2.88. The Morgan fingerprint density at radius 2 is 2.00 bits per heavy atom. The predicted octanol–water partition coefficient (Wildman–Crippen LogP) is 5.00. The molecule has 0 saturated heterocycles. The number of carbonyl (C=O) groups is 1. The summed E-state index contributed by atoms with van der Waals surface area (Å²) in [5, 5.41) is 7.51. The van der Waals surface area contributed by atoms with Gasteiger partial charge in [0.05, 0.1) is 11.0 Å². The summed E-state index contributed by atoms with van der Waals surface area (Å²) in [6, 6.07) is 16.8. The van der Waals surface area contributed by atoms with Crippen molar-refractivity contribution in [2.75, 3.05) is 5.32 Å². The van der Waals surface area contributed by atoms with E-state index in [0.717, 1.165) is 21.8 Å². The molecular formula is C20H17ClN4O2S. The topological polar surface area (TPSA) is 73.0 Å². The second-order valence-electron chi connectivity index (χ2n) is 6.31. The molecule has 142 valence electrons. The van der Waals surface area contributed by atoms with Crippen LogP contribution in [0.2, 0.25) is 5.02 Å². The Balaban J connectivity index is 1.68. The van der Waals surface area contributed by atoms with E-state index in [-0.39, 0.29) is 5.91 Å². The molecule has 0 bridgehead atoms. The molecule has 4 rings (SSSR count). The number of thioether (sulfide) groups is 1. The molecule has 0 saturated carbocycles. The molecule has 2 aromatic carbocycles. The van der Waals surface area contributed by atoms with Gasteiger partial charge in [0.15, 0.2) is 11.0 Å². The third-order valence-corrected chi connectivity index (χ3v) is 5.78. The minimum absolute atomic E-state index is 0.199. The monoisotopic (exact) mass is 412 g/mol. The maximum atomic E-state index is 13.0. The molecule has 1 N–H and O–H groups in total. The number of halogens is 1. The molecule has 2 aromatic heterocycles. The molecule has 0 spiro atoms. The van der Waals surface area contributed by atoms with Crippen molar-refractivity contribution in [2.45, 2.75) is 17.3 Å². The second-order valence-corrected chi connectivity index (χ2v) is 7.82. The minimum atomic E-state index is -0.510. The molecular weight excluding hydrogens is 396 g/mol. The third-order valence-electron chi connectivity index (χ3n) is 4.24. The first kappa shape index (κ1) is 18.6. The van der Waals surface area contributed by atoms with Gasteiger partial charge in [-0.3, -0.25) is 4.79 Å². The molecule has 1 amide bonds. The average Bonchev–Trinajstić information content (AvgIpc) is 3.22. The zero-order valence-electron chi connectivity index (χ0n) is 15.2. The van der Waals surface area contributed by atoms with Crippen LogP contribution in [0.3, 0.4) is 0 Å². The van der Waals surface area contributed by atoms with Crippen LogP contribution in [0.4, 0.5) is 5.82 Å². The molecule has 1 atom stereocenters. The number of nitrogens with one attached hydrogen (secondary N) is 1. The van der Waals surface area contributed by atoms with Crippen LogP contribution in [-0.4, -0.2) is 20.6 Å². The summed E-state index contributed by atoms with van der Waals surface area (Å²) >= 11 is 7.46. The first-order valence-electron chi connectivity index (χ1n) is 8.59. The van der Waals surface area contributed by atoms with E-state index < -0.39 is 5.25 Å². The third kappa shape index (κ3) is 3.76. The molecule has 0 aliphatic rings. The molecule has 2 heterocycles. The lowest BCUT2D eigenvalue weighted by atomic mass is 10.1.